The summed E-state index contributed by atoms with van der Waals surface area (Å²) in [5.41, 5.74) is 1.32. The van der Waals surface area contributed by atoms with E-state index in [0.717, 1.165) is 6.54 Å². The van der Waals surface area contributed by atoms with E-state index in [0.29, 0.717) is 10.3 Å². The molecule has 0 aromatic heterocycles. The Balaban J connectivity index is 2.68. The summed E-state index contributed by atoms with van der Waals surface area (Å²) in [7, 11) is 2.20. The van der Waals surface area contributed by atoms with Gasteiger partial charge in [0.15, 0.2) is 0 Å². The van der Waals surface area contributed by atoms with Crippen LogP contribution in [0.2, 0.25) is 0 Å². The molecule has 0 aliphatic heterocycles. The maximum Gasteiger partial charge on any atom is 0.0363 e. The van der Waals surface area contributed by atoms with Crippen LogP contribution in [0.3, 0.4) is 0 Å². The Morgan fingerprint density at radius 1 is 0.895 bits per heavy atom. The molecule has 0 aliphatic rings. The number of para-hydroxylation sites is 1. The van der Waals surface area contributed by atoms with Gasteiger partial charge in [-0.15, -0.1) is 0 Å². The van der Waals surface area contributed by atoms with Crippen molar-refractivity contribution < 1.29 is 0 Å². The van der Waals surface area contributed by atoms with Crippen LogP contribution in [0.15, 0.2) is 30.3 Å². The van der Waals surface area contributed by atoms with Crippen LogP contribution in [0.4, 0.5) is 5.69 Å². The van der Waals surface area contributed by atoms with Crippen molar-refractivity contribution in [3.63, 3.8) is 0 Å². The van der Waals surface area contributed by atoms with E-state index in [2.05, 4.69) is 83.8 Å². The van der Waals surface area contributed by atoms with Crippen LogP contribution in [-0.2, 0) is 0 Å². The summed E-state index contributed by atoms with van der Waals surface area (Å²) >= 11 is 0. The van der Waals surface area contributed by atoms with Gasteiger partial charge in [-0.2, -0.15) is 0 Å². The molecular weight excluding hydrogens is 249 g/mol. The Bertz CT molecular complexity index is 358. The summed E-state index contributed by atoms with van der Waals surface area (Å²) in [6.45, 7) is 15.5. The van der Waals surface area contributed by atoms with Gasteiger partial charge in [-0.25, -0.2) is 0 Å². The molecule has 0 saturated heterocycles. The van der Waals surface area contributed by atoms with Crippen molar-refractivity contribution in [2.75, 3.05) is 24.7 Å². The van der Waals surface area contributed by atoms with Crippen LogP contribution in [-0.4, -0.2) is 30.1 Å². The van der Waals surface area contributed by atoms with Gasteiger partial charge in [-0.1, -0.05) is 67.7 Å². The Morgan fingerprint density at radius 2 is 1.37 bits per heavy atom. The van der Waals surface area contributed by atoms with E-state index in [1.165, 1.54) is 11.8 Å². The highest BCUT2D eigenvalue weighted by molar-refractivity contribution is 7.60. The van der Waals surface area contributed by atoms with Crippen LogP contribution >= 0.6 is 7.92 Å². The van der Waals surface area contributed by atoms with Gasteiger partial charge >= 0.3 is 0 Å². The predicted octanol–water partition coefficient (Wildman–Crippen LogP) is 5.20. The molecule has 0 spiro atoms. The van der Waals surface area contributed by atoms with Gasteiger partial charge in [0.2, 0.25) is 0 Å². The molecule has 1 aromatic rings. The maximum atomic E-state index is 2.40. The highest BCUT2D eigenvalue weighted by Gasteiger charge is 2.33. The Kier molecular flexibility index (Phi) is 5.44. The first-order valence-corrected chi connectivity index (χ1v) is 8.69. The topological polar surface area (TPSA) is 3.24 Å². The van der Waals surface area contributed by atoms with Crippen LogP contribution in [0.25, 0.3) is 0 Å². The number of nitrogens with zero attached hydrogens (tertiary/aromatic N) is 1. The van der Waals surface area contributed by atoms with Crippen molar-refractivity contribution in [1.29, 1.82) is 0 Å². The second-order valence-corrected chi connectivity index (χ2v) is 11.2. The summed E-state index contributed by atoms with van der Waals surface area (Å²) in [6.07, 6.45) is 1.30. The molecule has 0 radical (unpaired) electrons. The summed E-state index contributed by atoms with van der Waals surface area (Å²) in [6, 6.07) is 10.7. The van der Waals surface area contributed by atoms with E-state index in [9.17, 15) is 0 Å². The zero-order chi connectivity index (χ0) is 14.7. The molecule has 0 amide bonds. The number of rotatable bonds is 4. The van der Waals surface area contributed by atoms with E-state index in [-0.39, 0.29) is 7.92 Å². The third kappa shape index (κ3) is 5.15. The minimum atomic E-state index is -0.00729. The monoisotopic (exact) mass is 279 g/mol. The lowest BCUT2D eigenvalue weighted by atomic mass is 10.2. The second kappa shape index (κ2) is 6.27. The standard InChI is InChI=1S/C17H30NP/c1-16(2,3)19(17(4,5)6)14-13-18(7)15-11-9-8-10-12-15/h8-12H,13-14H2,1-7H3. The Morgan fingerprint density at radius 3 is 1.79 bits per heavy atom. The van der Waals surface area contributed by atoms with E-state index in [1.807, 2.05) is 0 Å². The van der Waals surface area contributed by atoms with E-state index < -0.39 is 0 Å². The number of anilines is 1. The van der Waals surface area contributed by atoms with Crippen molar-refractivity contribution in [2.45, 2.75) is 51.9 Å². The van der Waals surface area contributed by atoms with Crippen molar-refractivity contribution in [3.05, 3.63) is 30.3 Å². The first-order valence-electron chi connectivity index (χ1n) is 7.16. The van der Waals surface area contributed by atoms with E-state index in [1.54, 1.807) is 0 Å². The SMILES string of the molecule is CN(CCP(C(C)(C)C)C(C)(C)C)c1ccccc1. The van der Waals surface area contributed by atoms with Crippen LogP contribution < -0.4 is 4.90 Å². The lowest BCUT2D eigenvalue weighted by Gasteiger charge is -2.42. The highest BCUT2D eigenvalue weighted by Crippen LogP contribution is 2.58. The fourth-order valence-corrected chi connectivity index (χ4v) is 6.59. The molecule has 0 N–H and O–H groups in total. The molecule has 108 valence electrons. The highest BCUT2D eigenvalue weighted by atomic mass is 31.1. The zero-order valence-electron chi connectivity index (χ0n) is 13.7. The van der Waals surface area contributed by atoms with Crippen molar-refractivity contribution in [3.8, 4) is 0 Å². The second-order valence-electron chi connectivity index (χ2n) is 7.25. The largest absolute Gasteiger partial charge is 0.374 e. The fourth-order valence-electron chi connectivity index (χ4n) is 2.74. The molecule has 19 heavy (non-hydrogen) atoms. The Labute approximate surface area is 121 Å². The van der Waals surface area contributed by atoms with Gasteiger partial charge in [0.05, 0.1) is 0 Å². The molecule has 0 bridgehead atoms. The average molecular weight is 279 g/mol. The molecule has 1 aromatic carbocycles. The van der Waals surface area contributed by atoms with E-state index >= 15 is 0 Å². The molecule has 2 heteroatoms. The van der Waals surface area contributed by atoms with Crippen molar-refractivity contribution >= 4 is 13.6 Å². The lowest BCUT2D eigenvalue weighted by molar-refractivity contribution is 0.701. The van der Waals surface area contributed by atoms with Gasteiger partial charge in [0, 0.05) is 19.3 Å². The first-order chi connectivity index (χ1) is 8.62. The van der Waals surface area contributed by atoms with E-state index in [4.69, 9.17) is 0 Å². The predicted molar refractivity (Wildman–Crippen MR) is 91.0 cm³/mol. The third-order valence-corrected chi connectivity index (χ3v) is 7.36. The van der Waals surface area contributed by atoms with Gasteiger partial charge < -0.3 is 4.90 Å². The van der Waals surface area contributed by atoms with Crippen LogP contribution in [0.5, 0.6) is 0 Å². The summed E-state index contributed by atoms with van der Waals surface area (Å²) in [5.74, 6) is 0. The van der Waals surface area contributed by atoms with Gasteiger partial charge in [-0.05, 0) is 28.6 Å². The molecular formula is C17H30NP. The molecule has 1 rings (SSSR count). The lowest BCUT2D eigenvalue weighted by Crippen LogP contribution is -2.31. The number of benzene rings is 1. The van der Waals surface area contributed by atoms with Crippen LogP contribution in [0, 0.1) is 0 Å². The van der Waals surface area contributed by atoms with Gasteiger partial charge in [0.25, 0.3) is 0 Å². The van der Waals surface area contributed by atoms with Crippen molar-refractivity contribution in [2.24, 2.45) is 0 Å². The molecule has 0 fully saturated rings. The molecule has 1 nitrogen and oxygen atoms in total. The molecule has 0 unspecified atom stereocenters. The summed E-state index contributed by atoms with van der Waals surface area (Å²) in [4.78, 5) is 2.38. The molecule has 0 aliphatic carbocycles. The number of hydrogen-bond donors (Lipinski definition) is 0. The summed E-state index contributed by atoms with van der Waals surface area (Å²) in [5, 5.41) is 0.843. The number of hydrogen-bond acceptors (Lipinski definition) is 1. The minimum absolute atomic E-state index is 0.00729. The first kappa shape index (κ1) is 16.5. The van der Waals surface area contributed by atoms with Crippen molar-refractivity contribution in [1.82, 2.24) is 0 Å². The summed E-state index contributed by atoms with van der Waals surface area (Å²) < 4.78 is 0. The molecule has 0 saturated carbocycles. The van der Waals surface area contributed by atoms with Gasteiger partial charge in [0.1, 0.15) is 0 Å². The van der Waals surface area contributed by atoms with Crippen LogP contribution in [0.1, 0.15) is 41.5 Å². The molecule has 0 heterocycles. The normalized spacial score (nSPS) is 12.8. The average Bonchev–Trinajstić information content (AvgIpc) is 2.26. The quantitative estimate of drug-likeness (QED) is 0.685. The third-order valence-electron chi connectivity index (χ3n) is 3.48. The zero-order valence-corrected chi connectivity index (χ0v) is 14.6. The Hall–Kier alpha value is -0.550. The maximum absolute atomic E-state index is 2.40. The molecule has 0 atom stereocenters. The fraction of sp³-hybridized carbons (Fsp3) is 0.647. The van der Waals surface area contributed by atoms with Gasteiger partial charge in [-0.3, -0.25) is 0 Å². The smallest absolute Gasteiger partial charge is 0.0363 e. The minimum Gasteiger partial charge on any atom is -0.374 e.